The Bertz CT molecular complexity index is 1020. The maximum absolute atomic E-state index is 10.5. The molecule has 30 heavy (non-hydrogen) atoms. The summed E-state index contributed by atoms with van der Waals surface area (Å²) in [5.41, 5.74) is 6.63. The van der Waals surface area contributed by atoms with E-state index in [0.717, 1.165) is 34.6 Å². The summed E-state index contributed by atoms with van der Waals surface area (Å²) in [6, 6.07) is 7.91. The zero-order chi connectivity index (χ0) is 21.4. The molecule has 2 heterocycles. The van der Waals surface area contributed by atoms with E-state index < -0.39 is 0 Å². The third-order valence-corrected chi connectivity index (χ3v) is 5.86. The van der Waals surface area contributed by atoms with Crippen LogP contribution in [0.5, 0.6) is 23.0 Å². The molecule has 0 aromatic heterocycles. The number of hydrogen-bond donors (Lipinski definition) is 1. The molecule has 4 rings (SSSR count). The van der Waals surface area contributed by atoms with Crippen molar-refractivity contribution in [3.05, 3.63) is 69.8 Å². The third-order valence-electron chi connectivity index (χ3n) is 5.86. The van der Waals surface area contributed by atoms with Gasteiger partial charge in [0.1, 0.15) is 29.1 Å². The minimum atomic E-state index is -0.118. The number of rotatable bonds is 5. The summed E-state index contributed by atoms with van der Waals surface area (Å²) in [4.78, 5) is 0. The molecule has 2 aromatic carbocycles. The van der Waals surface area contributed by atoms with Gasteiger partial charge >= 0.3 is 0 Å². The van der Waals surface area contributed by atoms with Crippen LogP contribution in [0.2, 0.25) is 0 Å². The van der Waals surface area contributed by atoms with Crippen molar-refractivity contribution in [3.63, 3.8) is 0 Å². The van der Waals surface area contributed by atoms with E-state index >= 15 is 0 Å². The SMILES string of the molecule is COc1ccc2c(c1CC=C(C)C)O[C@@H]1c3cc(CC=C(C)C)c(O)cc3OC[C@H]21. The van der Waals surface area contributed by atoms with Crippen LogP contribution in [0.15, 0.2) is 47.6 Å². The molecule has 158 valence electrons. The largest absolute Gasteiger partial charge is 0.508 e. The van der Waals surface area contributed by atoms with Gasteiger partial charge < -0.3 is 19.3 Å². The first kappa shape index (κ1) is 20.4. The van der Waals surface area contributed by atoms with Crippen molar-refractivity contribution in [1.29, 1.82) is 0 Å². The van der Waals surface area contributed by atoms with Crippen LogP contribution in [-0.2, 0) is 12.8 Å². The van der Waals surface area contributed by atoms with Gasteiger partial charge in [0.15, 0.2) is 0 Å². The Hall–Kier alpha value is -2.88. The van der Waals surface area contributed by atoms with Crippen molar-refractivity contribution >= 4 is 0 Å². The second-order valence-electron chi connectivity index (χ2n) is 8.61. The molecular formula is C26H30O4. The lowest BCUT2D eigenvalue weighted by Crippen LogP contribution is -2.23. The summed E-state index contributed by atoms with van der Waals surface area (Å²) in [5, 5.41) is 10.5. The second-order valence-corrected chi connectivity index (χ2v) is 8.61. The van der Waals surface area contributed by atoms with Crippen molar-refractivity contribution in [1.82, 2.24) is 0 Å². The van der Waals surface area contributed by atoms with Crippen LogP contribution in [0.25, 0.3) is 0 Å². The van der Waals surface area contributed by atoms with Crippen molar-refractivity contribution in [3.8, 4) is 23.0 Å². The van der Waals surface area contributed by atoms with E-state index in [4.69, 9.17) is 14.2 Å². The number of aromatic hydroxyl groups is 1. The monoisotopic (exact) mass is 406 g/mol. The van der Waals surface area contributed by atoms with Crippen LogP contribution in [0, 0.1) is 0 Å². The zero-order valence-corrected chi connectivity index (χ0v) is 18.4. The average molecular weight is 407 g/mol. The molecule has 0 spiro atoms. The minimum Gasteiger partial charge on any atom is -0.508 e. The van der Waals surface area contributed by atoms with E-state index in [9.17, 15) is 5.11 Å². The highest BCUT2D eigenvalue weighted by Crippen LogP contribution is 2.54. The van der Waals surface area contributed by atoms with Gasteiger partial charge in [-0.25, -0.2) is 0 Å². The van der Waals surface area contributed by atoms with Crippen LogP contribution in [0.4, 0.5) is 0 Å². The third kappa shape index (κ3) is 3.67. The molecule has 0 radical (unpaired) electrons. The molecule has 1 N–H and O–H groups in total. The quantitative estimate of drug-likeness (QED) is 0.616. The standard InChI is InChI=1S/C26H30O4/c1-15(2)6-8-17-12-20-24(13-22(17)27)29-14-21-18-10-11-23(28-5)19(9-7-16(3)4)25(18)30-26(20)21/h6-7,10-13,21,26-27H,8-9,14H2,1-5H3/t21-,26-/m1/s1. The maximum Gasteiger partial charge on any atom is 0.138 e. The average Bonchev–Trinajstić information content (AvgIpc) is 3.09. The first-order valence-electron chi connectivity index (χ1n) is 10.5. The summed E-state index contributed by atoms with van der Waals surface area (Å²) in [6.07, 6.45) is 5.65. The molecule has 4 nitrogen and oxygen atoms in total. The van der Waals surface area contributed by atoms with E-state index in [1.807, 2.05) is 12.1 Å². The number of ether oxygens (including phenoxy) is 3. The fourth-order valence-electron chi connectivity index (χ4n) is 4.22. The molecule has 2 aliphatic heterocycles. The van der Waals surface area contributed by atoms with Gasteiger partial charge in [-0.15, -0.1) is 0 Å². The van der Waals surface area contributed by atoms with Gasteiger partial charge in [0.2, 0.25) is 0 Å². The summed E-state index contributed by atoms with van der Waals surface area (Å²) in [7, 11) is 1.70. The second kappa shape index (κ2) is 8.10. The lowest BCUT2D eigenvalue weighted by atomic mass is 9.87. The fraction of sp³-hybridized carbons (Fsp3) is 0.385. The maximum atomic E-state index is 10.5. The van der Waals surface area contributed by atoms with Gasteiger partial charge in [-0.05, 0) is 58.2 Å². The summed E-state index contributed by atoms with van der Waals surface area (Å²) in [5.74, 6) is 2.87. The van der Waals surface area contributed by atoms with Crippen molar-refractivity contribution in [2.45, 2.75) is 52.6 Å². The number of methoxy groups -OCH3 is 1. The van der Waals surface area contributed by atoms with Gasteiger partial charge in [0.05, 0.1) is 19.6 Å². The first-order chi connectivity index (χ1) is 14.4. The molecule has 0 unspecified atom stereocenters. The normalized spacial score (nSPS) is 18.3. The molecule has 0 aliphatic carbocycles. The van der Waals surface area contributed by atoms with Gasteiger partial charge in [0.25, 0.3) is 0 Å². The molecule has 0 bridgehead atoms. The van der Waals surface area contributed by atoms with Gasteiger partial charge in [-0.1, -0.05) is 29.4 Å². The fourth-order valence-corrected chi connectivity index (χ4v) is 4.22. The smallest absolute Gasteiger partial charge is 0.138 e. The molecule has 2 aromatic rings. The van der Waals surface area contributed by atoms with E-state index in [1.54, 1.807) is 13.2 Å². The Morgan fingerprint density at radius 2 is 1.80 bits per heavy atom. The van der Waals surface area contributed by atoms with E-state index in [1.165, 1.54) is 16.7 Å². The topological polar surface area (TPSA) is 47.9 Å². The van der Waals surface area contributed by atoms with E-state index in [2.05, 4.69) is 45.9 Å². The number of allylic oxidation sites excluding steroid dienone is 4. The summed E-state index contributed by atoms with van der Waals surface area (Å²) >= 11 is 0. The highest BCUT2D eigenvalue weighted by atomic mass is 16.5. The molecule has 0 amide bonds. The predicted molar refractivity (Wildman–Crippen MR) is 119 cm³/mol. The number of fused-ring (bicyclic) bond motifs is 5. The van der Waals surface area contributed by atoms with Gasteiger partial charge in [-0.2, -0.15) is 0 Å². The number of phenolic OH excluding ortho intramolecular Hbond substituents is 1. The Morgan fingerprint density at radius 1 is 1.07 bits per heavy atom. The van der Waals surface area contributed by atoms with Crippen molar-refractivity contribution in [2.24, 2.45) is 0 Å². The Balaban J connectivity index is 1.75. The Morgan fingerprint density at radius 3 is 2.50 bits per heavy atom. The van der Waals surface area contributed by atoms with Crippen LogP contribution in [-0.4, -0.2) is 18.8 Å². The minimum absolute atomic E-state index is 0.118. The lowest BCUT2D eigenvalue weighted by Gasteiger charge is -2.28. The lowest BCUT2D eigenvalue weighted by molar-refractivity contribution is 0.138. The van der Waals surface area contributed by atoms with Crippen LogP contribution < -0.4 is 14.2 Å². The van der Waals surface area contributed by atoms with Gasteiger partial charge in [-0.3, -0.25) is 0 Å². The van der Waals surface area contributed by atoms with Crippen molar-refractivity contribution in [2.75, 3.05) is 13.7 Å². The molecular weight excluding hydrogens is 376 g/mol. The number of phenols is 1. The van der Waals surface area contributed by atoms with Crippen LogP contribution >= 0.6 is 0 Å². The Labute approximate surface area is 178 Å². The van der Waals surface area contributed by atoms with E-state index in [0.29, 0.717) is 18.8 Å². The molecule has 0 fully saturated rings. The van der Waals surface area contributed by atoms with Gasteiger partial charge in [0, 0.05) is 22.8 Å². The molecule has 2 aliphatic rings. The van der Waals surface area contributed by atoms with Crippen LogP contribution in [0.1, 0.15) is 62.0 Å². The Kier molecular flexibility index (Phi) is 5.50. The molecule has 0 saturated heterocycles. The first-order valence-corrected chi connectivity index (χ1v) is 10.5. The number of hydrogen-bond acceptors (Lipinski definition) is 4. The molecule has 2 atom stereocenters. The predicted octanol–water partition coefficient (Wildman–Crippen LogP) is 6.03. The highest BCUT2D eigenvalue weighted by molar-refractivity contribution is 5.58. The molecule has 4 heteroatoms. The number of benzene rings is 2. The van der Waals surface area contributed by atoms with Crippen molar-refractivity contribution < 1.29 is 19.3 Å². The van der Waals surface area contributed by atoms with E-state index in [-0.39, 0.29) is 17.8 Å². The molecule has 0 saturated carbocycles. The van der Waals surface area contributed by atoms with Crippen LogP contribution in [0.3, 0.4) is 0 Å². The zero-order valence-electron chi connectivity index (χ0n) is 18.4. The highest BCUT2D eigenvalue weighted by Gasteiger charge is 2.42. The summed E-state index contributed by atoms with van der Waals surface area (Å²) < 4.78 is 18.3. The summed E-state index contributed by atoms with van der Waals surface area (Å²) in [6.45, 7) is 8.85.